The molecule has 0 N–H and O–H groups in total. The van der Waals surface area contributed by atoms with Crippen LogP contribution in [0.4, 0.5) is 14.9 Å². The van der Waals surface area contributed by atoms with E-state index in [1.54, 1.807) is 49.3 Å². The number of hydrogen-bond acceptors (Lipinski definition) is 4. The minimum atomic E-state index is -0.525. The maximum Gasteiger partial charge on any atom is 0.323 e. The number of fused-ring (bicyclic) bond motifs is 2. The number of amides is 3. The van der Waals surface area contributed by atoms with Gasteiger partial charge in [-0.15, -0.1) is 0 Å². The van der Waals surface area contributed by atoms with E-state index < -0.39 is 6.10 Å². The second-order valence-electron chi connectivity index (χ2n) is 10.8. The highest BCUT2D eigenvalue weighted by atomic mass is 19.1. The van der Waals surface area contributed by atoms with Crippen LogP contribution in [0.15, 0.2) is 103 Å². The Balaban J connectivity index is 1.56. The number of halogens is 1. The zero-order valence-corrected chi connectivity index (χ0v) is 24.2. The van der Waals surface area contributed by atoms with Gasteiger partial charge in [0.25, 0.3) is 5.91 Å². The van der Waals surface area contributed by atoms with Crippen LogP contribution >= 0.6 is 0 Å². The number of hydrogen-bond donors (Lipinski definition) is 0. The van der Waals surface area contributed by atoms with E-state index in [0.29, 0.717) is 33.5 Å². The number of nitrogens with zero attached hydrogens (tertiary/aromatic N) is 4. The van der Waals surface area contributed by atoms with Gasteiger partial charge in [0.1, 0.15) is 17.4 Å². The second kappa shape index (κ2) is 11.6. The Morgan fingerprint density at radius 1 is 0.907 bits per heavy atom. The molecule has 5 aromatic rings. The molecule has 0 aliphatic carbocycles. The normalized spacial score (nSPS) is 12.5. The number of ether oxygens (including phenoxy) is 1. The van der Waals surface area contributed by atoms with Crippen LogP contribution in [0.5, 0.6) is 5.75 Å². The van der Waals surface area contributed by atoms with E-state index in [1.807, 2.05) is 72.8 Å². The third kappa shape index (κ3) is 5.28. The Labute approximate surface area is 249 Å². The molecule has 6 rings (SSSR count). The molecule has 0 radical (unpaired) electrons. The zero-order chi connectivity index (χ0) is 30.1. The van der Waals surface area contributed by atoms with Gasteiger partial charge >= 0.3 is 6.03 Å². The van der Waals surface area contributed by atoms with Crippen LogP contribution < -0.4 is 9.64 Å². The van der Waals surface area contributed by atoms with Gasteiger partial charge in [-0.1, -0.05) is 72.8 Å². The van der Waals surface area contributed by atoms with Crippen molar-refractivity contribution in [2.45, 2.75) is 19.2 Å². The van der Waals surface area contributed by atoms with Crippen molar-refractivity contribution in [3.8, 4) is 5.75 Å². The average Bonchev–Trinajstić information content (AvgIpc) is 3.35. The molecular formula is C35H31FN4O3. The molecule has 1 aliphatic rings. The maximum absolute atomic E-state index is 14.3. The third-order valence-electron chi connectivity index (χ3n) is 7.67. The van der Waals surface area contributed by atoms with E-state index in [2.05, 4.69) is 0 Å². The van der Waals surface area contributed by atoms with Crippen LogP contribution in [-0.2, 0) is 13.1 Å². The lowest BCUT2D eigenvalue weighted by Gasteiger charge is -2.27. The van der Waals surface area contributed by atoms with Crippen molar-refractivity contribution in [1.29, 1.82) is 0 Å². The highest BCUT2D eigenvalue weighted by Gasteiger charge is 2.38. The van der Waals surface area contributed by atoms with E-state index in [1.165, 1.54) is 17.0 Å². The minimum Gasteiger partial charge on any atom is -0.478 e. The summed E-state index contributed by atoms with van der Waals surface area (Å²) in [5, 5.41) is 0.699. The van der Waals surface area contributed by atoms with Crippen molar-refractivity contribution in [2.24, 2.45) is 0 Å². The van der Waals surface area contributed by atoms with Crippen LogP contribution in [-0.4, -0.2) is 47.9 Å². The van der Waals surface area contributed by atoms with Crippen LogP contribution in [0.25, 0.3) is 10.9 Å². The van der Waals surface area contributed by atoms with Crippen molar-refractivity contribution in [2.75, 3.05) is 26.0 Å². The summed E-state index contributed by atoms with van der Waals surface area (Å²) in [5.74, 6) is -0.218. The summed E-state index contributed by atoms with van der Waals surface area (Å²) in [6.07, 6.45) is 1.14. The maximum atomic E-state index is 14.3. The average molecular weight is 575 g/mol. The Hall–Kier alpha value is -5.24. The van der Waals surface area contributed by atoms with Crippen LogP contribution in [0.1, 0.15) is 38.7 Å². The van der Waals surface area contributed by atoms with Crippen LogP contribution in [0.2, 0.25) is 0 Å². The third-order valence-corrected chi connectivity index (χ3v) is 7.67. The Morgan fingerprint density at radius 2 is 1.53 bits per heavy atom. The lowest BCUT2D eigenvalue weighted by Crippen LogP contribution is -2.37. The van der Waals surface area contributed by atoms with E-state index in [4.69, 9.17) is 9.72 Å². The van der Waals surface area contributed by atoms with E-state index in [9.17, 15) is 14.0 Å². The fourth-order valence-corrected chi connectivity index (χ4v) is 5.65. The van der Waals surface area contributed by atoms with Gasteiger partial charge in [-0.3, -0.25) is 14.7 Å². The van der Waals surface area contributed by atoms with Crippen molar-refractivity contribution >= 4 is 28.5 Å². The number of carbonyl (C=O) groups excluding carboxylic acids is 2. The SMILES string of the molecule is CN(C)C(=O)N(C)c1c2c(c(OC(c3ccccc3)c3ccccc3)c3ncccc13)C(=O)N(Cc1ccc(F)cc1)C2. The molecule has 4 aromatic carbocycles. The van der Waals surface area contributed by atoms with Gasteiger partial charge in [0.15, 0.2) is 5.75 Å². The molecule has 0 atom stereocenters. The Kier molecular flexibility index (Phi) is 7.50. The number of anilines is 1. The topological polar surface area (TPSA) is 66.0 Å². The number of benzene rings is 4. The second-order valence-corrected chi connectivity index (χ2v) is 10.8. The zero-order valence-electron chi connectivity index (χ0n) is 24.2. The number of urea groups is 1. The van der Waals surface area contributed by atoms with Gasteiger partial charge in [-0.05, 0) is 41.0 Å². The van der Waals surface area contributed by atoms with Gasteiger partial charge in [-0.25, -0.2) is 9.18 Å². The number of rotatable bonds is 7. The number of aromatic nitrogens is 1. The van der Waals surface area contributed by atoms with Gasteiger partial charge in [0.2, 0.25) is 0 Å². The lowest BCUT2D eigenvalue weighted by molar-refractivity contribution is 0.0762. The molecule has 0 bridgehead atoms. The molecule has 0 fully saturated rings. The van der Waals surface area contributed by atoms with Gasteiger partial charge < -0.3 is 14.5 Å². The molecular weight excluding hydrogens is 543 g/mol. The summed E-state index contributed by atoms with van der Waals surface area (Å²) in [6.45, 7) is 0.511. The molecule has 1 aliphatic heterocycles. The first-order valence-corrected chi connectivity index (χ1v) is 14.0. The van der Waals surface area contributed by atoms with E-state index in [-0.39, 0.29) is 30.8 Å². The summed E-state index contributed by atoms with van der Waals surface area (Å²) < 4.78 is 20.5. The monoisotopic (exact) mass is 574 g/mol. The molecule has 0 saturated heterocycles. The molecule has 0 unspecified atom stereocenters. The summed E-state index contributed by atoms with van der Waals surface area (Å²) in [6, 6.07) is 29.3. The van der Waals surface area contributed by atoms with Crippen LogP contribution in [0, 0.1) is 5.82 Å². The van der Waals surface area contributed by atoms with Crippen LogP contribution in [0.3, 0.4) is 0 Å². The molecule has 8 heteroatoms. The fourth-order valence-electron chi connectivity index (χ4n) is 5.65. The van der Waals surface area contributed by atoms with E-state index >= 15 is 0 Å². The lowest BCUT2D eigenvalue weighted by atomic mass is 9.98. The molecule has 0 saturated carbocycles. The molecule has 2 heterocycles. The predicted octanol–water partition coefficient (Wildman–Crippen LogP) is 6.82. The Morgan fingerprint density at radius 3 is 2.14 bits per heavy atom. The largest absolute Gasteiger partial charge is 0.478 e. The molecule has 1 aromatic heterocycles. The van der Waals surface area contributed by atoms with Crippen molar-refractivity contribution in [1.82, 2.24) is 14.8 Å². The summed E-state index contributed by atoms with van der Waals surface area (Å²) in [5.41, 5.74) is 4.78. The summed E-state index contributed by atoms with van der Waals surface area (Å²) >= 11 is 0. The fraction of sp³-hybridized carbons (Fsp3) is 0.171. The Bertz CT molecular complexity index is 1750. The van der Waals surface area contributed by atoms with Crippen molar-refractivity contribution < 1.29 is 18.7 Å². The molecule has 7 nitrogen and oxygen atoms in total. The highest BCUT2D eigenvalue weighted by molar-refractivity contribution is 6.14. The summed E-state index contributed by atoms with van der Waals surface area (Å²) in [4.78, 5) is 37.0. The minimum absolute atomic E-state index is 0.239. The van der Waals surface area contributed by atoms with Gasteiger partial charge in [0.05, 0.1) is 11.3 Å². The predicted molar refractivity (Wildman–Crippen MR) is 165 cm³/mol. The first kappa shape index (κ1) is 27.9. The highest BCUT2D eigenvalue weighted by Crippen LogP contribution is 2.46. The smallest absolute Gasteiger partial charge is 0.323 e. The summed E-state index contributed by atoms with van der Waals surface area (Å²) in [7, 11) is 5.08. The molecule has 216 valence electrons. The van der Waals surface area contributed by atoms with Gasteiger partial charge in [-0.2, -0.15) is 0 Å². The quantitative estimate of drug-likeness (QED) is 0.214. The number of pyridine rings is 1. The van der Waals surface area contributed by atoms with Crippen molar-refractivity contribution in [3.05, 3.63) is 137 Å². The first-order valence-electron chi connectivity index (χ1n) is 14.0. The number of carbonyl (C=O) groups is 2. The molecule has 3 amide bonds. The standard InChI is InChI=1S/C35H31FN4O3/c1-38(2)35(42)39(3)31-27-15-10-20-37-30(27)33(43-32(24-11-6-4-7-12-24)25-13-8-5-9-14-25)29-28(31)22-40(34(29)41)21-23-16-18-26(36)19-17-23/h4-20,32H,21-22H2,1-3H3. The van der Waals surface area contributed by atoms with Crippen molar-refractivity contribution in [3.63, 3.8) is 0 Å². The first-order chi connectivity index (χ1) is 20.8. The van der Waals surface area contributed by atoms with E-state index in [0.717, 1.165) is 16.7 Å². The van der Waals surface area contributed by atoms with Gasteiger partial charge in [0, 0.05) is 51.4 Å². The molecule has 43 heavy (non-hydrogen) atoms. The molecule has 0 spiro atoms.